The van der Waals surface area contributed by atoms with Crippen LogP contribution in [0.3, 0.4) is 0 Å². The van der Waals surface area contributed by atoms with Crippen molar-refractivity contribution >= 4 is 6.03 Å². The molecule has 124 valence electrons. The Morgan fingerprint density at radius 3 is 2.77 bits per heavy atom. The fourth-order valence-electron chi connectivity index (χ4n) is 2.82. The van der Waals surface area contributed by atoms with E-state index in [1.165, 1.54) is 19.3 Å². The van der Waals surface area contributed by atoms with Crippen LogP contribution in [-0.4, -0.2) is 48.3 Å². The number of amides is 2. The summed E-state index contributed by atoms with van der Waals surface area (Å²) in [5.41, 5.74) is 0. The number of nitrogens with one attached hydrogen (secondary N) is 2. The number of aliphatic hydroxyl groups is 1. The summed E-state index contributed by atoms with van der Waals surface area (Å²) in [5.74, 6) is 0.886. The molecule has 2 atom stereocenters. The minimum atomic E-state index is -0.241. The Kier molecular flexibility index (Phi) is 6.74. The van der Waals surface area contributed by atoms with E-state index in [0.717, 1.165) is 18.8 Å². The number of hydrogen-bond donors (Lipinski definition) is 3. The van der Waals surface area contributed by atoms with Gasteiger partial charge in [-0.2, -0.15) is 0 Å². The van der Waals surface area contributed by atoms with Gasteiger partial charge in [0.25, 0.3) is 0 Å². The van der Waals surface area contributed by atoms with Gasteiger partial charge >= 0.3 is 6.03 Å². The van der Waals surface area contributed by atoms with Crippen LogP contribution in [-0.2, 0) is 0 Å². The van der Waals surface area contributed by atoms with E-state index in [1.54, 1.807) is 6.26 Å². The van der Waals surface area contributed by atoms with E-state index in [4.69, 9.17) is 9.52 Å². The van der Waals surface area contributed by atoms with Crippen LogP contribution < -0.4 is 10.6 Å². The molecule has 1 aromatic rings. The van der Waals surface area contributed by atoms with Gasteiger partial charge in [-0.3, -0.25) is 4.90 Å². The lowest BCUT2D eigenvalue weighted by Gasteiger charge is -2.33. The van der Waals surface area contributed by atoms with Gasteiger partial charge in [0.15, 0.2) is 0 Å². The molecule has 0 radical (unpaired) electrons. The van der Waals surface area contributed by atoms with Crippen molar-refractivity contribution in [3.63, 3.8) is 0 Å². The quantitative estimate of drug-likeness (QED) is 0.718. The van der Waals surface area contributed by atoms with Gasteiger partial charge in [-0.1, -0.05) is 13.3 Å². The molecule has 0 unspecified atom stereocenters. The van der Waals surface area contributed by atoms with Crippen LogP contribution in [0.5, 0.6) is 0 Å². The Balaban J connectivity index is 1.91. The van der Waals surface area contributed by atoms with E-state index in [9.17, 15) is 4.79 Å². The third-order valence-electron chi connectivity index (χ3n) is 4.21. The molecular formula is C16H27N3O3. The molecule has 0 aromatic carbocycles. The number of piperidine rings is 1. The summed E-state index contributed by atoms with van der Waals surface area (Å²) in [4.78, 5) is 14.3. The Morgan fingerprint density at radius 2 is 2.18 bits per heavy atom. The van der Waals surface area contributed by atoms with Crippen molar-refractivity contribution in [1.29, 1.82) is 0 Å². The topological polar surface area (TPSA) is 77.7 Å². The zero-order chi connectivity index (χ0) is 15.8. The van der Waals surface area contributed by atoms with Crippen molar-refractivity contribution in [1.82, 2.24) is 15.5 Å². The highest BCUT2D eigenvalue weighted by molar-refractivity contribution is 5.74. The Labute approximate surface area is 131 Å². The number of urea groups is 1. The molecule has 22 heavy (non-hydrogen) atoms. The second-order valence-electron chi connectivity index (χ2n) is 5.77. The standard InChI is InChI=1S/C16H27N3O3/c1-2-13(12-20)18-16(21)17-11-14(15-7-6-10-22-15)19-8-4-3-5-9-19/h6-7,10,13-14,20H,2-5,8-9,11-12H2,1H3,(H2,17,18,21)/t13-,14+/m1/s1. The molecule has 6 heteroatoms. The number of aliphatic hydroxyl groups excluding tert-OH is 1. The molecule has 1 fully saturated rings. The van der Waals surface area contributed by atoms with E-state index < -0.39 is 0 Å². The Hall–Kier alpha value is -1.53. The van der Waals surface area contributed by atoms with Crippen LogP contribution in [0.2, 0.25) is 0 Å². The average molecular weight is 309 g/mol. The number of carbonyl (C=O) groups excluding carboxylic acids is 1. The molecule has 2 amide bonds. The molecule has 0 saturated carbocycles. The molecule has 0 aliphatic carbocycles. The fraction of sp³-hybridized carbons (Fsp3) is 0.688. The summed E-state index contributed by atoms with van der Waals surface area (Å²) in [6.45, 7) is 4.45. The predicted molar refractivity (Wildman–Crippen MR) is 84.6 cm³/mol. The maximum atomic E-state index is 11.9. The van der Waals surface area contributed by atoms with Crippen molar-refractivity contribution in [3.8, 4) is 0 Å². The summed E-state index contributed by atoms with van der Waals surface area (Å²) in [7, 11) is 0. The second kappa shape index (κ2) is 8.80. The lowest BCUT2D eigenvalue weighted by Crippen LogP contribution is -2.47. The number of likely N-dealkylation sites (tertiary alicyclic amines) is 1. The van der Waals surface area contributed by atoms with Gasteiger partial charge in [-0.15, -0.1) is 0 Å². The van der Waals surface area contributed by atoms with Crippen molar-refractivity contribution in [2.75, 3.05) is 26.2 Å². The molecule has 0 bridgehead atoms. The zero-order valence-corrected chi connectivity index (χ0v) is 13.3. The first-order valence-corrected chi connectivity index (χ1v) is 8.17. The van der Waals surface area contributed by atoms with Gasteiger partial charge in [0.05, 0.1) is 25.0 Å². The van der Waals surface area contributed by atoms with Crippen LogP contribution in [0.25, 0.3) is 0 Å². The third-order valence-corrected chi connectivity index (χ3v) is 4.21. The molecule has 1 aliphatic rings. The van der Waals surface area contributed by atoms with Crippen molar-refractivity contribution in [2.45, 2.75) is 44.7 Å². The normalized spacial score (nSPS) is 18.6. The monoisotopic (exact) mass is 309 g/mol. The Morgan fingerprint density at radius 1 is 1.41 bits per heavy atom. The van der Waals surface area contributed by atoms with Crippen LogP contribution in [0.4, 0.5) is 4.79 Å². The van der Waals surface area contributed by atoms with Crippen LogP contribution in [0, 0.1) is 0 Å². The first-order valence-electron chi connectivity index (χ1n) is 8.17. The van der Waals surface area contributed by atoms with Gasteiger partial charge in [0.2, 0.25) is 0 Å². The van der Waals surface area contributed by atoms with E-state index in [0.29, 0.717) is 13.0 Å². The summed E-state index contributed by atoms with van der Waals surface area (Å²) >= 11 is 0. The lowest BCUT2D eigenvalue weighted by molar-refractivity contribution is 0.142. The van der Waals surface area contributed by atoms with Crippen LogP contribution >= 0.6 is 0 Å². The van der Waals surface area contributed by atoms with Crippen molar-refractivity contribution in [2.24, 2.45) is 0 Å². The number of hydrogen-bond acceptors (Lipinski definition) is 4. The van der Waals surface area contributed by atoms with Gasteiger partial charge in [-0.25, -0.2) is 4.79 Å². The smallest absolute Gasteiger partial charge is 0.315 e. The van der Waals surface area contributed by atoms with Gasteiger partial charge in [0, 0.05) is 6.54 Å². The van der Waals surface area contributed by atoms with Crippen molar-refractivity contribution in [3.05, 3.63) is 24.2 Å². The van der Waals surface area contributed by atoms with E-state index in [1.807, 2.05) is 19.1 Å². The van der Waals surface area contributed by atoms with Crippen LogP contribution in [0.15, 0.2) is 22.8 Å². The molecule has 0 spiro atoms. The molecule has 2 heterocycles. The fourth-order valence-corrected chi connectivity index (χ4v) is 2.82. The van der Waals surface area contributed by atoms with Crippen LogP contribution in [0.1, 0.15) is 44.4 Å². The van der Waals surface area contributed by atoms with Crippen molar-refractivity contribution < 1.29 is 14.3 Å². The van der Waals surface area contributed by atoms with E-state index >= 15 is 0 Å². The second-order valence-corrected chi connectivity index (χ2v) is 5.77. The highest BCUT2D eigenvalue weighted by atomic mass is 16.3. The molecule has 2 rings (SSSR count). The molecule has 6 nitrogen and oxygen atoms in total. The molecule has 1 saturated heterocycles. The number of furan rings is 1. The minimum absolute atomic E-state index is 0.0440. The summed E-state index contributed by atoms with van der Waals surface area (Å²) in [5, 5.41) is 14.8. The molecule has 1 aliphatic heterocycles. The highest BCUT2D eigenvalue weighted by Crippen LogP contribution is 2.24. The minimum Gasteiger partial charge on any atom is -0.468 e. The largest absolute Gasteiger partial charge is 0.468 e. The zero-order valence-electron chi connectivity index (χ0n) is 13.3. The van der Waals surface area contributed by atoms with E-state index in [2.05, 4.69) is 15.5 Å². The molecule has 3 N–H and O–H groups in total. The number of rotatable bonds is 7. The number of nitrogens with zero attached hydrogens (tertiary/aromatic N) is 1. The summed E-state index contributed by atoms with van der Waals surface area (Å²) in [6.07, 6.45) is 6.02. The van der Waals surface area contributed by atoms with E-state index in [-0.39, 0.29) is 24.7 Å². The number of carbonyl (C=O) groups is 1. The first-order chi connectivity index (χ1) is 10.7. The van der Waals surface area contributed by atoms with Gasteiger partial charge in [-0.05, 0) is 44.5 Å². The van der Waals surface area contributed by atoms with Gasteiger partial charge < -0.3 is 20.2 Å². The predicted octanol–water partition coefficient (Wildman–Crippen LogP) is 1.88. The lowest BCUT2D eigenvalue weighted by atomic mass is 10.1. The SMILES string of the molecule is CC[C@H](CO)NC(=O)NC[C@@H](c1ccco1)N1CCCCC1. The molecular weight excluding hydrogens is 282 g/mol. The maximum absolute atomic E-state index is 11.9. The summed E-state index contributed by atoms with van der Waals surface area (Å²) < 4.78 is 5.55. The average Bonchev–Trinajstić information content (AvgIpc) is 3.08. The third kappa shape index (κ3) is 4.74. The molecule has 1 aromatic heterocycles. The first kappa shape index (κ1) is 16.8. The highest BCUT2D eigenvalue weighted by Gasteiger charge is 2.25. The maximum Gasteiger partial charge on any atom is 0.315 e. The summed E-state index contributed by atoms with van der Waals surface area (Å²) in [6, 6.07) is 3.47. The Bertz CT molecular complexity index is 426. The van der Waals surface area contributed by atoms with Gasteiger partial charge in [0.1, 0.15) is 5.76 Å².